The van der Waals surface area contributed by atoms with Crippen LogP contribution in [0.2, 0.25) is 5.31 Å². The maximum Gasteiger partial charge on any atom is 0.302 e. The van der Waals surface area contributed by atoms with Gasteiger partial charge in [-0.15, -0.1) is 0 Å². The van der Waals surface area contributed by atoms with Gasteiger partial charge in [0.2, 0.25) is 0 Å². The molecule has 0 spiro atoms. The molecule has 0 aliphatic carbocycles. The normalized spacial score (nSPS) is 11.0. The molecule has 0 saturated heterocycles. The van der Waals surface area contributed by atoms with E-state index in [-0.39, 0.29) is 5.97 Å². The van der Waals surface area contributed by atoms with Gasteiger partial charge in [0.1, 0.15) is 0 Å². The highest BCUT2D eigenvalue weighted by atomic mass is 16.5. The van der Waals surface area contributed by atoms with E-state index in [1.54, 1.807) is 20.8 Å². The molecule has 50 valence electrons. The van der Waals surface area contributed by atoms with Gasteiger partial charge in [-0.05, 0) is 6.92 Å². The average molecular weight is 126 g/mol. The Balaban J connectivity index is 3.74. The van der Waals surface area contributed by atoms with Crippen LogP contribution in [-0.2, 0) is 9.53 Å². The third-order valence-electron chi connectivity index (χ3n) is 0.802. The van der Waals surface area contributed by atoms with E-state index in [0.717, 1.165) is 0 Å². The van der Waals surface area contributed by atoms with Crippen molar-refractivity contribution < 1.29 is 9.53 Å². The molecule has 0 aliphatic rings. The molecule has 0 unspecified atom stereocenters. The number of ether oxygens (including phenoxy) is 1. The topological polar surface area (TPSA) is 26.3 Å². The first kappa shape index (κ1) is 8.53. The van der Waals surface area contributed by atoms with Crippen molar-refractivity contribution in [2.45, 2.75) is 26.1 Å². The van der Waals surface area contributed by atoms with E-state index >= 15 is 0 Å². The fourth-order valence-corrected chi connectivity index (χ4v) is 0.317. The predicted octanol–water partition coefficient (Wildman–Crippen LogP) is 0.916. The third kappa shape index (κ3) is 3.17. The molecule has 0 atom stereocenters. The van der Waals surface area contributed by atoms with Crippen LogP contribution in [0.25, 0.3) is 0 Å². The lowest BCUT2D eigenvalue weighted by molar-refractivity contribution is -0.145. The van der Waals surface area contributed by atoms with Crippen LogP contribution in [0, 0.1) is 0 Å². The zero-order valence-electron chi connectivity index (χ0n) is 6.10. The summed E-state index contributed by atoms with van der Waals surface area (Å²) in [6, 6.07) is 0. The summed E-state index contributed by atoms with van der Waals surface area (Å²) in [5.74, 6) is -0.356. The molecule has 0 aromatic carbocycles. The lowest BCUT2D eigenvalue weighted by Crippen LogP contribution is -2.19. The number of hydrogen-bond acceptors (Lipinski definition) is 2. The first-order chi connectivity index (χ1) is 3.98. The summed E-state index contributed by atoms with van der Waals surface area (Å²) in [6.07, 6.45) is 0. The Labute approximate surface area is 57.0 Å². The van der Waals surface area contributed by atoms with Crippen LogP contribution >= 0.6 is 0 Å². The van der Waals surface area contributed by atoms with Crippen molar-refractivity contribution in [1.29, 1.82) is 0 Å². The molecule has 0 amide bonds. The Morgan fingerprint density at radius 2 is 2.11 bits per heavy atom. The van der Waals surface area contributed by atoms with Gasteiger partial charge in [-0.3, -0.25) is 4.79 Å². The standard InChI is InChI=1S/C6H11BO2/c1-4-9-5(8)6(2,3)7/h4H2,1-3H3. The van der Waals surface area contributed by atoms with Gasteiger partial charge in [-0.2, -0.15) is 0 Å². The molecule has 3 heteroatoms. The molecule has 0 aromatic heterocycles. The van der Waals surface area contributed by atoms with Crippen molar-refractivity contribution >= 4 is 13.8 Å². The molecule has 0 aromatic rings. The minimum Gasteiger partial charge on any atom is -0.466 e. The first-order valence-electron chi connectivity index (χ1n) is 2.94. The van der Waals surface area contributed by atoms with Crippen LogP contribution in [0.4, 0.5) is 0 Å². The Hall–Kier alpha value is -0.465. The smallest absolute Gasteiger partial charge is 0.302 e. The number of carbonyl (C=O) groups is 1. The van der Waals surface area contributed by atoms with Crippen LogP contribution in [0.5, 0.6) is 0 Å². The molecule has 0 saturated carbocycles. The fourth-order valence-electron chi connectivity index (χ4n) is 0.317. The number of rotatable bonds is 2. The molecule has 0 heterocycles. The van der Waals surface area contributed by atoms with Gasteiger partial charge >= 0.3 is 5.97 Å². The quantitative estimate of drug-likeness (QED) is 0.406. The van der Waals surface area contributed by atoms with E-state index in [1.165, 1.54) is 0 Å². The second kappa shape index (κ2) is 2.90. The van der Waals surface area contributed by atoms with Crippen molar-refractivity contribution in [3.05, 3.63) is 0 Å². The fraction of sp³-hybridized carbons (Fsp3) is 0.833. The highest BCUT2D eigenvalue weighted by Crippen LogP contribution is 2.19. The predicted molar refractivity (Wildman–Crippen MR) is 36.4 cm³/mol. The maximum absolute atomic E-state index is 10.7. The van der Waals surface area contributed by atoms with E-state index in [4.69, 9.17) is 7.85 Å². The van der Waals surface area contributed by atoms with Gasteiger partial charge in [-0.25, -0.2) is 0 Å². The third-order valence-corrected chi connectivity index (χ3v) is 0.802. The molecule has 2 radical (unpaired) electrons. The summed E-state index contributed by atoms with van der Waals surface area (Å²) >= 11 is 0. The van der Waals surface area contributed by atoms with Crippen molar-refractivity contribution in [1.82, 2.24) is 0 Å². The summed E-state index contributed by atoms with van der Waals surface area (Å²) in [4.78, 5) is 10.7. The van der Waals surface area contributed by atoms with Crippen molar-refractivity contribution in [3.63, 3.8) is 0 Å². The molecular weight excluding hydrogens is 115 g/mol. The molecule has 0 aliphatic heterocycles. The average Bonchev–Trinajstić information content (AvgIpc) is 1.64. The minimum atomic E-state index is -0.851. The SMILES string of the molecule is [B]C(C)(C)C(=O)OCC. The maximum atomic E-state index is 10.7. The highest BCUT2D eigenvalue weighted by Gasteiger charge is 2.21. The Morgan fingerprint density at radius 3 is 2.22 bits per heavy atom. The monoisotopic (exact) mass is 126 g/mol. The largest absolute Gasteiger partial charge is 0.466 e. The van der Waals surface area contributed by atoms with E-state index in [1.807, 2.05) is 0 Å². The number of esters is 1. The van der Waals surface area contributed by atoms with Gasteiger partial charge in [0.05, 0.1) is 14.5 Å². The number of carbonyl (C=O) groups excluding carboxylic acids is 1. The van der Waals surface area contributed by atoms with E-state index in [9.17, 15) is 4.79 Å². The van der Waals surface area contributed by atoms with Gasteiger partial charge in [0.25, 0.3) is 0 Å². The van der Waals surface area contributed by atoms with E-state index in [2.05, 4.69) is 4.74 Å². The zero-order valence-corrected chi connectivity index (χ0v) is 6.10. The summed E-state index contributed by atoms with van der Waals surface area (Å²) in [5, 5.41) is -0.851. The second-order valence-electron chi connectivity index (χ2n) is 2.44. The van der Waals surface area contributed by atoms with Crippen molar-refractivity contribution in [2.75, 3.05) is 6.61 Å². The molecule has 0 rings (SSSR count). The van der Waals surface area contributed by atoms with Crippen LogP contribution in [0.1, 0.15) is 20.8 Å². The Bertz CT molecular complexity index is 104. The molecule has 9 heavy (non-hydrogen) atoms. The summed E-state index contributed by atoms with van der Waals surface area (Å²) in [6.45, 7) is 5.37. The Kier molecular flexibility index (Phi) is 2.75. The van der Waals surface area contributed by atoms with Crippen LogP contribution in [-0.4, -0.2) is 20.4 Å². The first-order valence-corrected chi connectivity index (χ1v) is 2.94. The molecule has 2 nitrogen and oxygen atoms in total. The lowest BCUT2D eigenvalue weighted by Gasteiger charge is -2.15. The van der Waals surface area contributed by atoms with Gasteiger partial charge in [-0.1, -0.05) is 13.8 Å². The molecule has 0 fully saturated rings. The molecule has 0 bridgehead atoms. The summed E-state index contributed by atoms with van der Waals surface area (Å²) in [7, 11) is 5.39. The summed E-state index contributed by atoms with van der Waals surface area (Å²) < 4.78 is 4.64. The van der Waals surface area contributed by atoms with Crippen molar-refractivity contribution in [3.8, 4) is 0 Å². The van der Waals surface area contributed by atoms with Crippen LogP contribution in [0.3, 0.4) is 0 Å². The summed E-state index contributed by atoms with van der Waals surface area (Å²) in [5.41, 5.74) is 0. The molecular formula is C6H11BO2. The Morgan fingerprint density at radius 1 is 1.67 bits per heavy atom. The van der Waals surface area contributed by atoms with Crippen molar-refractivity contribution in [2.24, 2.45) is 0 Å². The van der Waals surface area contributed by atoms with Gasteiger partial charge < -0.3 is 4.74 Å². The molecule has 0 N–H and O–H groups in total. The van der Waals surface area contributed by atoms with E-state index < -0.39 is 5.31 Å². The second-order valence-corrected chi connectivity index (χ2v) is 2.44. The van der Waals surface area contributed by atoms with Gasteiger partial charge in [0, 0.05) is 5.31 Å². The number of hydrogen-bond donors (Lipinski definition) is 0. The van der Waals surface area contributed by atoms with Crippen LogP contribution < -0.4 is 0 Å². The zero-order chi connectivity index (χ0) is 7.49. The van der Waals surface area contributed by atoms with E-state index in [0.29, 0.717) is 6.61 Å². The van der Waals surface area contributed by atoms with Gasteiger partial charge in [0.15, 0.2) is 0 Å². The van der Waals surface area contributed by atoms with Crippen LogP contribution in [0.15, 0.2) is 0 Å². The highest BCUT2D eigenvalue weighted by molar-refractivity contribution is 6.26. The lowest BCUT2D eigenvalue weighted by atomic mass is 9.73. The minimum absolute atomic E-state index is 0.356.